The first-order valence-corrected chi connectivity index (χ1v) is 16.1. The lowest BCUT2D eigenvalue weighted by molar-refractivity contribution is -0.143. The van der Waals surface area contributed by atoms with Crippen molar-refractivity contribution in [1.82, 2.24) is 30.2 Å². The molecule has 0 spiro atoms. The number of tetrazole rings is 1. The van der Waals surface area contributed by atoms with Crippen molar-refractivity contribution in [3.63, 3.8) is 0 Å². The van der Waals surface area contributed by atoms with Gasteiger partial charge in [0.2, 0.25) is 15.0 Å². The van der Waals surface area contributed by atoms with Crippen LogP contribution in [0.3, 0.4) is 0 Å². The summed E-state index contributed by atoms with van der Waals surface area (Å²) < 4.78 is 30.5. The molecule has 13 heteroatoms. The lowest BCUT2D eigenvalue weighted by Crippen LogP contribution is -2.27. The zero-order valence-electron chi connectivity index (χ0n) is 19.2. The molecule has 0 bridgehead atoms. The van der Waals surface area contributed by atoms with E-state index in [9.17, 15) is 18.3 Å². The molecule has 2 atom stereocenters. The molecular weight excluding hydrogens is 452 g/mol. The molecule has 2 aromatic rings. The summed E-state index contributed by atoms with van der Waals surface area (Å²) in [6, 6.07) is 0.992. The Bertz CT molecular complexity index is 990. The highest BCUT2D eigenvalue weighted by Crippen LogP contribution is 2.30. The molecule has 0 saturated carbocycles. The third kappa shape index (κ3) is 7.71. The summed E-state index contributed by atoms with van der Waals surface area (Å²) in [5, 5.41) is 21.5. The van der Waals surface area contributed by atoms with Crippen LogP contribution in [0.2, 0.25) is 25.7 Å². The number of carboxylic acids is 1. The molecule has 0 aromatic carbocycles. The Morgan fingerprint density at radius 1 is 1.25 bits per heavy atom. The van der Waals surface area contributed by atoms with Crippen molar-refractivity contribution in [3.05, 3.63) is 23.8 Å². The largest absolute Gasteiger partial charge is 0.481 e. The minimum atomic E-state index is -3.53. The molecule has 178 valence electrons. The maximum atomic E-state index is 12.1. The van der Waals surface area contributed by atoms with Gasteiger partial charge in [0.25, 0.3) is 0 Å². The molecule has 0 amide bonds. The predicted octanol–water partition coefficient (Wildman–Crippen LogP) is 2.01. The number of ether oxygens (including phenoxy) is 1. The number of carbonyl (C=O) groups is 1. The number of hydrogen-bond donors (Lipinski definition) is 1. The smallest absolute Gasteiger partial charge is 0.307 e. The Morgan fingerprint density at radius 3 is 2.44 bits per heavy atom. The van der Waals surface area contributed by atoms with Crippen molar-refractivity contribution < 1.29 is 23.1 Å². The summed E-state index contributed by atoms with van der Waals surface area (Å²) in [4.78, 5) is 19.9. The first-order chi connectivity index (χ1) is 14.9. The molecule has 0 radical (unpaired) electrons. The molecule has 2 heterocycles. The monoisotopic (exact) mass is 484 g/mol. The predicted molar refractivity (Wildman–Crippen MR) is 120 cm³/mol. The molecule has 11 nitrogen and oxygen atoms in total. The van der Waals surface area contributed by atoms with E-state index in [0.29, 0.717) is 30.8 Å². The highest BCUT2D eigenvalue weighted by molar-refractivity contribution is 7.90. The van der Waals surface area contributed by atoms with Gasteiger partial charge in [-0.25, -0.2) is 23.1 Å². The standard InChI is InChI=1S/C19H32N6O5SSi/c1-6-7-15(18(26)27)16(10-14-11-20-19(21-12-14)31(2,28)29)17-22-23-24-25(17)13-30-8-9-32(3,4)5/h11-12,15-16H,6-10,13H2,1-5H3,(H,26,27)/t15-,16-/m0/s1. The van der Waals surface area contributed by atoms with Crippen molar-refractivity contribution in [2.45, 2.75) is 69.7 Å². The maximum Gasteiger partial charge on any atom is 0.307 e. The van der Waals surface area contributed by atoms with E-state index in [4.69, 9.17) is 4.74 Å². The number of rotatable bonds is 13. The Kier molecular flexibility index (Phi) is 8.98. The topological polar surface area (TPSA) is 150 Å². The van der Waals surface area contributed by atoms with Gasteiger partial charge >= 0.3 is 5.97 Å². The second-order valence-electron chi connectivity index (χ2n) is 9.07. The number of nitrogens with zero attached hydrogens (tertiary/aromatic N) is 6. The normalized spacial score (nSPS) is 14.3. The number of hydrogen-bond acceptors (Lipinski definition) is 9. The Morgan fingerprint density at radius 2 is 1.91 bits per heavy atom. The summed E-state index contributed by atoms with van der Waals surface area (Å²) >= 11 is 0. The third-order valence-electron chi connectivity index (χ3n) is 4.97. The lowest BCUT2D eigenvalue weighted by Gasteiger charge is -2.23. The molecule has 0 aliphatic carbocycles. The quantitative estimate of drug-likeness (QED) is 0.254. The molecule has 0 aliphatic rings. The fourth-order valence-corrected chi connectivity index (χ4v) is 4.46. The lowest BCUT2D eigenvalue weighted by atomic mass is 9.84. The average molecular weight is 485 g/mol. The molecule has 2 rings (SSSR count). The van der Waals surface area contributed by atoms with Crippen molar-refractivity contribution in [2.24, 2.45) is 5.92 Å². The van der Waals surface area contributed by atoms with Gasteiger partial charge in [-0.1, -0.05) is 33.0 Å². The molecule has 32 heavy (non-hydrogen) atoms. The first kappa shape index (κ1) is 26.0. The Hall–Kier alpha value is -2.25. The van der Waals surface area contributed by atoms with Gasteiger partial charge in [-0.2, -0.15) is 0 Å². The van der Waals surface area contributed by atoms with Crippen LogP contribution in [0.1, 0.15) is 37.1 Å². The van der Waals surface area contributed by atoms with Crippen LogP contribution in [0.25, 0.3) is 0 Å². The zero-order chi connectivity index (χ0) is 23.9. The molecule has 0 fully saturated rings. The number of carboxylic acid groups (broad SMARTS) is 1. The van der Waals surface area contributed by atoms with Crippen LogP contribution in [0, 0.1) is 5.92 Å². The molecule has 2 aromatic heterocycles. The summed E-state index contributed by atoms with van der Waals surface area (Å²) in [6.07, 6.45) is 5.19. The first-order valence-electron chi connectivity index (χ1n) is 10.5. The number of aliphatic carboxylic acids is 1. The van der Waals surface area contributed by atoms with Crippen LogP contribution in [0.5, 0.6) is 0 Å². The van der Waals surface area contributed by atoms with Gasteiger partial charge in [0.15, 0.2) is 5.82 Å². The maximum absolute atomic E-state index is 12.1. The Labute approximate surface area is 189 Å². The van der Waals surface area contributed by atoms with E-state index in [1.54, 1.807) is 0 Å². The summed E-state index contributed by atoms with van der Waals surface area (Å²) in [5.41, 5.74) is 0.596. The van der Waals surface area contributed by atoms with Crippen molar-refractivity contribution in [2.75, 3.05) is 12.9 Å². The Balaban J connectivity index is 2.29. The van der Waals surface area contributed by atoms with E-state index in [1.165, 1.54) is 17.1 Å². The molecule has 0 aliphatic heterocycles. The van der Waals surface area contributed by atoms with Crippen molar-refractivity contribution >= 4 is 23.9 Å². The van der Waals surface area contributed by atoms with Gasteiger partial charge in [-0.15, -0.1) is 5.10 Å². The van der Waals surface area contributed by atoms with Gasteiger partial charge in [-0.3, -0.25) is 4.79 Å². The van der Waals surface area contributed by atoms with Crippen molar-refractivity contribution in [3.8, 4) is 0 Å². The van der Waals surface area contributed by atoms with Crippen LogP contribution in [-0.2, 0) is 32.5 Å². The van der Waals surface area contributed by atoms with E-state index in [1.807, 2.05) is 6.92 Å². The van der Waals surface area contributed by atoms with E-state index in [-0.39, 0.29) is 18.3 Å². The van der Waals surface area contributed by atoms with Crippen LogP contribution in [-0.4, -0.2) is 70.6 Å². The summed E-state index contributed by atoms with van der Waals surface area (Å²) in [7, 11) is -4.77. The second kappa shape index (κ2) is 11.1. The van der Waals surface area contributed by atoms with E-state index >= 15 is 0 Å². The molecule has 1 N–H and O–H groups in total. The third-order valence-corrected chi connectivity index (χ3v) is 7.55. The van der Waals surface area contributed by atoms with Gasteiger partial charge < -0.3 is 9.84 Å². The fraction of sp³-hybridized carbons (Fsp3) is 0.684. The molecular formula is C19H32N6O5SSi. The van der Waals surface area contributed by atoms with E-state index in [2.05, 4.69) is 45.1 Å². The average Bonchev–Trinajstić information content (AvgIpc) is 3.15. The van der Waals surface area contributed by atoms with Crippen molar-refractivity contribution in [1.29, 1.82) is 0 Å². The summed E-state index contributed by atoms with van der Waals surface area (Å²) in [6.45, 7) is 9.40. The molecule has 0 saturated heterocycles. The van der Waals surface area contributed by atoms with Crippen LogP contribution >= 0.6 is 0 Å². The van der Waals surface area contributed by atoms with Gasteiger partial charge in [-0.05, 0) is 34.9 Å². The highest BCUT2D eigenvalue weighted by atomic mass is 32.2. The number of sulfone groups is 1. The van der Waals surface area contributed by atoms with Gasteiger partial charge in [0, 0.05) is 39.2 Å². The SMILES string of the molecule is CCC[C@H](C(=O)O)[C@H](Cc1cnc(S(C)(=O)=O)nc1)c1nnnn1COCC[Si](C)(C)C. The highest BCUT2D eigenvalue weighted by Gasteiger charge is 2.33. The fourth-order valence-electron chi connectivity index (χ4n) is 3.21. The minimum absolute atomic E-state index is 0.130. The van der Waals surface area contributed by atoms with Crippen LogP contribution < -0.4 is 0 Å². The van der Waals surface area contributed by atoms with Gasteiger partial charge in [0.05, 0.1) is 5.92 Å². The number of aromatic nitrogens is 6. The van der Waals surface area contributed by atoms with E-state index in [0.717, 1.165) is 12.3 Å². The van der Waals surface area contributed by atoms with E-state index < -0.39 is 35.7 Å². The zero-order valence-corrected chi connectivity index (χ0v) is 21.0. The van der Waals surface area contributed by atoms with Crippen LogP contribution in [0.4, 0.5) is 0 Å². The minimum Gasteiger partial charge on any atom is -0.481 e. The van der Waals surface area contributed by atoms with Crippen LogP contribution in [0.15, 0.2) is 17.6 Å². The second-order valence-corrected chi connectivity index (χ2v) is 16.6. The van der Waals surface area contributed by atoms with Gasteiger partial charge in [0.1, 0.15) is 6.73 Å². The molecule has 0 unspecified atom stereocenters. The summed E-state index contributed by atoms with van der Waals surface area (Å²) in [5.74, 6) is -1.83.